The molecule has 0 aromatic carbocycles. The molecule has 1 fully saturated rings. The van der Waals surface area contributed by atoms with Crippen LogP contribution >= 0.6 is 23.2 Å². The van der Waals surface area contributed by atoms with Crippen LogP contribution in [-0.4, -0.2) is 23.5 Å². The second kappa shape index (κ2) is 5.74. The van der Waals surface area contributed by atoms with E-state index in [1.807, 2.05) is 12.1 Å². The Morgan fingerprint density at radius 2 is 2.31 bits per heavy atom. The van der Waals surface area contributed by atoms with Crippen molar-refractivity contribution in [3.63, 3.8) is 0 Å². The summed E-state index contributed by atoms with van der Waals surface area (Å²) >= 11 is 12.0. The number of nitrogens with zero attached hydrogens (tertiary/aromatic N) is 2. The number of pyridine rings is 1. The third-order valence-corrected chi connectivity index (χ3v) is 3.59. The van der Waals surface area contributed by atoms with Crippen LogP contribution in [0, 0.1) is 0 Å². The van der Waals surface area contributed by atoms with Crippen molar-refractivity contribution in [2.24, 2.45) is 0 Å². The highest BCUT2D eigenvalue weighted by molar-refractivity contribution is 6.32. The first-order valence-electron chi connectivity index (χ1n) is 5.76. The van der Waals surface area contributed by atoms with Gasteiger partial charge in [0.05, 0.1) is 5.02 Å². The number of alkyl halides is 1. The van der Waals surface area contributed by atoms with Crippen LogP contribution in [0.3, 0.4) is 0 Å². The van der Waals surface area contributed by atoms with Gasteiger partial charge in [0.25, 0.3) is 0 Å². The fraction of sp³-hybridized carbons (Fsp3) is 0.583. The zero-order chi connectivity index (χ0) is 11.4. The summed E-state index contributed by atoms with van der Waals surface area (Å²) in [6.07, 6.45) is 6.50. The molecule has 1 aromatic heterocycles. The minimum Gasteiger partial charge on any atom is -0.352 e. The molecule has 2 heterocycles. The van der Waals surface area contributed by atoms with Gasteiger partial charge in [0.1, 0.15) is 5.82 Å². The van der Waals surface area contributed by atoms with Gasteiger partial charge in [-0.05, 0) is 37.8 Å². The Bertz CT molecular complexity index is 342. The predicted octanol–water partition coefficient (Wildman–Crippen LogP) is 3.72. The summed E-state index contributed by atoms with van der Waals surface area (Å²) in [6, 6.07) is 4.27. The molecule has 0 N–H and O–H groups in total. The summed E-state index contributed by atoms with van der Waals surface area (Å²) in [5, 5.41) is 0.740. The third-order valence-electron chi connectivity index (χ3n) is 3.08. The average molecular weight is 259 g/mol. The lowest BCUT2D eigenvalue weighted by molar-refractivity contribution is 0.448. The lowest BCUT2D eigenvalue weighted by Gasteiger charge is -2.36. The van der Waals surface area contributed by atoms with E-state index in [0.29, 0.717) is 11.9 Å². The molecule has 0 aliphatic carbocycles. The fourth-order valence-electron chi connectivity index (χ4n) is 2.29. The van der Waals surface area contributed by atoms with Gasteiger partial charge in [-0.15, -0.1) is 11.6 Å². The first-order chi connectivity index (χ1) is 7.83. The van der Waals surface area contributed by atoms with E-state index in [1.165, 1.54) is 19.3 Å². The summed E-state index contributed by atoms with van der Waals surface area (Å²) in [4.78, 5) is 6.70. The molecule has 2 rings (SSSR count). The Morgan fingerprint density at radius 3 is 3.06 bits per heavy atom. The maximum absolute atomic E-state index is 6.19. The monoisotopic (exact) mass is 258 g/mol. The second-order valence-electron chi connectivity index (χ2n) is 4.13. The topological polar surface area (TPSA) is 16.1 Å². The highest BCUT2D eigenvalue weighted by Gasteiger charge is 2.24. The molecule has 88 valence electrons. The number of halogens is 2. The van der Waals surface area contributed by atoms with E-state index in [9.17, 15) is 0 Å². The standard InChI is InChI=1S/C12H16Cl2N2/c13-7-6-10-4-1-2-9-16(10)12-11(14)5-3-8-15-12/h3,5,8,10H,1-2,4,6-7,9H2. The number of hydrogen-bond donors (Lipinski definition) is 0. The maximum Gasteiger partial charge on any atom is 0.147 e. The summed E-state index contributed by atoms with van der Waals surface area (Å²) in [5.74, 6) is 1.62. The summed E-state index contributed by atoms with van der Waals surface area (Å²) in [7, 11) is 0. The van der Waals surface area contributed by atoms with Gasteiger partial charge in [-0.25, -0.2) is 4.98 Å². The van der Waals surface area contributed by atoms with E-state index in [0.717, 1.165) is 23.8 Å². The molecule has 0 bridgehead atoms. The summed E-state index contributed by atoms with van der Waals surface area (Å²) in [6.45, 7) is 1.04. The van der Waals surface area contributed by atoms with Gasteiger partial charge in [0.2, 0.25) is 0 Å². The van der Waals surface area contributed by atoms with Gasteiger partial charge in [0.15, 0.2) is 0 Å². The zero-order valence-electron chi connectivity index (χ0n) is 9.20. The molecule has 1 aromatic rings. The van der Waals surface area contributed by atoms with Gasteiger partial charge in [-0.3, -0.25) is 0 Å². The van der Waals surface area contributed by atoms with Gasteiger partial charge < -0.3 is 4.90 Å². The van der Waals surface area contributed by atoms with E-state index in [-0.39, 0.29) is 0 Å². The Labute approximate surface area is 107 Å². The van der Waals surface area contributed by atoms with Crippen molar-refractivity contribution in [3.05, 3.63) is 23.4 Å². The normalized spacial score (nSPS) is 21.1. The molecule has 1 saturated heterocycles. The van der Waals surface area contributed by atoms with Crippen molar-refractivity contribution in [2.45, 2.75) is 31.7 Å². The SMILES string of the molecule is ClCCC1CCCCN1c1ncccc1Cl. The minimum atomic E-state index is 0.499. The van der Waals surface area contributed by atoms with Crippen molar-refractivity contribution in [1.29, 1.82) is 0 Å². The van der Waals surface area contributed by atoms with E-state index >= 15 is 0 Å². The van der Waals surface area contributed by atoms with Crippen LogP contribution in [0.4, 0.5) is 5.82 Å². The molecular formula is C12H16Cl2N2. The van der Waals surface area contributed by atoms with E-state index in [4.69, 9.17) is 23.2 Å². The van der Waals surface area contributed by atoms with E-state index in [1.54, 1.807) is 6.20 Å². The molecule has 1 aliphatic heterocycles. The molecule has 1 unspecified atom stereocenters. The first-order valence-corrected chi connectivity index (χ1v) is 6.67. The number of anilines is 1. The second-order valence-corrected chi connectivity index (χ2v) is 4.91. The molecule has 0 spiro atoms. The Balaban J connectivity index is 2.19. The quantitative estimate of drug-likeness (QED) is 0.769. The van der Waals surface area contributed by atoms with Crippen LogP contribution in [-0.2, 0) is 0 Å². The zero-order valence-corrected chi connectivity index (χ0v) is 10.7. The highest BCUT2D eigenvalue weighted by Crippen LogP contribution is 2.30. The number of piperidine rings is 1. The molecular weight excluding hydrogens is 243 g/mol. The van der Waals surface area contributed by atoms with Crippen LogP contribution in [0.1, 0.15) is 25.7 Å². The van der Waals surface area contributed by atoms with Crippen molar-refractivity contribution in [2.75, 3.05) is 17.3 Å². The van der Waals surface area contributed by atoms with Crippen LogP contribution in [0.25, 0.3) is 0 Å². The largest absolute Gasteiger partial charge is 0.352 e. The van der Waals surface area contributed by atoms with E-state index < -0.39 is 0 Å². The van der Waals surface area contributed by atoms with Crippen molar-refractivity contribution >= 4 is 29.0 Å². The summed E-state index contributed by atoms with van der Waals surface area (Å²) < 4.78 is 0. The van der Waals surface area contributed by atoms with Crippen LogP contribution in [0.2, 0.25) is 5.02 Å². The smallest absolute Gasteiger partial charge is 0.147 e. The van der Waals surface area contributed by atoms with Crippen LogP contribution in [0.15, 0.2) is 18.3 Å². The van der Waals surface area contributed by atoms with Gasteiger partial charge in [0, 0.05) is 24.7 Å². The first kappa shape index (κ1) is 12.0. The van der Waals surface area contributed by atoms with E-state index in [2.05, 4.69) is 9.88 Å². The highest BCUT2D eigenvalue weighted by atomic mass is 35.5. The molecule has 0 saturated carbocycles. The van der Waals surface area contributed by atoms with Crippen LogP contribution in [0.5, 0.6) is 0 Å². The fourth-order valence-corrected chi connectivity index (χ4v) is 2.78. The van der Waals surface area contributed by atoms with Gasteiger partial charge in [-0.1, -0.05) is 11.6 Å². The average Bonchev–Trinajstić information content (AvgIpc) is 2.31. The maximum atomic E-state index is 6.19. The number of rotatable bonds is 3. The molecule has 2 nitrogen and oxygen atoms in total. The lowest BCUT2D eigenvalue weighted by Crippen LogP contribution is -2.40. The molecule has 1 aliphatic rings. The van der Waals surface area contributed by atoms with Gasteiger partial charge >= 0.3 is 0 Å². The molecule has 1 atom stereocenters. The molecule has 4 heteroatoms. The van der Waals surface area contributed by atoms with Crippen LogP contribution < -0.4 is 4.90 Å². The minimum absolute atomic E-state index is 0.499. The molecule has 16 heavy (non-hydrogen) atoms. The van der Waals surface area contributed by atoms with Crippen molar-refractivity contribution < 1.29 is 0 Å². The summed E-state index contributed by atoms with van der Waals surface area (Å²) in [5.41, 5.74) is 0. The Hall–Kier alpha value is -0.470. The number of hydrogen-bond acceptors (Lipinski definition) is 2. The third kappa shape index (κ3) is 2.61. The van der Waals surface area contributed by atoms with Crippen molar-refractivity contribution in [3.8, 4) is 0 Å². The number of aromatic nitrogens is 1. The Morgan fingerprint density at radius 1 is 1.44 bits per heavy atom. The lowest BCUT2D eigenvalue weighted by atomic mass is 10.00. The predicted molar refractivity (Wildman–Crippen MR) is 69.6 cm³/mol. The van der Waals surface area contributed by atoms with Crippen molar-refractivity contribution in [1.82, 2.24) is 4.98 Å². The molecule has 0 radical (unpaired) electrons. The Kier molecular flexibility index (Phi) is 4.30. The molecule has 0 amide bonds. The van der Waals surface area contributed by atoms with Gasteiger partial charge in [-0.2, -0.15) is 0 Å².